The van der Waals surface area contributed by atoms with Crippen LogP contribution in [0.2, 0.25) is 0 Å². The molecule has 0 radical (unpaired) electrons. The number of carbonyl (C=O) groups excluding carboxylic acids is 2. The van der Waals surface area contributed by atoms with Crippen LogP contribution < -0.4 is 15.5 Å². The van der Waals surface area contributed by atoms with Crippen molar-refractivity contribution >= 4 is 39.1 Å². The normalized spacial score (nSPS) is 11.6. The van der Waals surface area contributed by atoms with E-state index in [1.165, 1.54) is 24.3 Å². The van der Waals surface area contributed by atoms with Gasteiger partial charge in [-0.25, -0.2) is 4.39 Å². The number of anilines is 2. The van der Waals surface area contributed by atoms with Crippen LogP contribution in [-0.2, 0) is 9.59 Å². The number of benzene rings is 2. The molecule has 0 aliphatic heterocycles. The van der Waals surface area contributed by atoms with E-state index in [1.807, 2.05) is 12.1 Å². The molecule has 2 aromatic rings. The Labute approximate surface area is 148 Å². The molecule has 0 aliphatic carbocycles. The molecule has 0 saturated carbocycles. The van der Waals surface area contributed by atoms with Gasteiger partial charge in [0.2, 0.25) is 0 Å². The van der Waals surface area contributed by atoms with E-state index in [1.54, 1.807) is 19.2 Å². The quantitative estimate of drug-likeness (QED) is 0.697. The predicted octanol–water partition coefficient (Wildman–Crippen LogP) is 1.68. The van der Waals surface area contributed by atoms with Crippen LogP contribution in [0.5, 0.6) is 0 Å². The fourth-order valence-corrected chi connectivity index (χ4v) is 2.52. The van der Waals surface area contributed by atoms with Gasteiger partial charge in [-0.2, -0.15) is 0 Å². The summed E-state index contributed by atoms with van der Waals surface area (Å²) >= 11 is 3.34. The number of rotatable bonds is 6. The Bertz CT molecular complexity index is 722. The highest BCUT2D eigenvalue weighted by molar-refractivity contribution is 9.10. The van der Waals surface area contributed by atoms with Crippen molar-refractivity contribution in [2.24, 2.45) is 0 Å². The zero-order valence-corrected chi connectivity index (χ0v) is 14.7. The topological polar surface area (TPSA) is 62.6 Å². The molecule has 0 aromatic heterocycles. The smallest absolute Gasteiger partial charge is 0.279 e. The zero-order chi connectivity index (χ0) is 17.5. The minimum Gasteiger partial charge on any atom is -0.322 e. The van der Waals surface area contributed by atoms with Crippen LogP contribution in [0.15, 0.2) is 53.0 Å². The Balaban J connectivity index is 1.79. The summed E-state index contributed by atoms with van der Waals surface area (Å²) in [5, 5.41) is 5.45. The van der Waals surface area contributed by atoms with Crippen molar-refractivity contribution in [3.63, 3.8) is 0 Å². The minimum atomic E-state index is -0.361. The summed E-state index contributed by atoms with van der Waals surface area (Å²) in [7, 11) is 1.75. The molecule has 2 amide bonds. The molecule has 1 unspecified atom stereocenters. The number of hydrogen-bond donors (Lipinski definition) is 3. The van der Waals surface area contributed by atoms with Crippen LogP contribution in [0.25, 0.3) is 0 Å². The molecule has 0 aliphatic rings. The van der Waals surface area contributed by atoms with E-state index < -0.39 is 0 Å². The molecule has 0 heterocycles. The molecule has 126 valence electrons. The molecule has 2 aromatic carbocycles. The highest BCUT2D eigenvalue weighted by atomic mass is 79.9. The second kappa shape index (κ2) is 8.56. The second-order valence-electron chi connectivity index (χ2n) is 5.42. The summed E-state index contributed by atoms with van der Waals surface area (Å²) in [5.74, 6) is -0.783. The first-order valence-electron chi connectivity index (χ1n) is 7.34. The minimum absolute atomic E-state index is 0.128. The lowest BCUT2D eigenvalue weighted by atomic mass is 10.3. The third kappa shape index (κ3) is 6.10. The van der Waals surface area contributed by atoms with Gasteiger partial charge in [-0.15, -0.1) is 0 Å². The largest absolute Gasteiger partial charge is 0.322 e. The van der Waals surface area contributed by atoms with Gasteiger partial charge in [0.25, 0.3) is 11.8 Å². The first kappa shape index (κ1) is 18.1. The fourth-order valence-electron chi connectivity index (χ4n) is 2.12. The fraction of sp³-hybridized carbons (Fsp3) is 0.176. The lowest BCUT2D eigenvalue weighted by molar-refractivity contribution is -0.862. The van der Waals surface area contributed by atoms with Gasteiger partial charge in [0.15, 0.2) is 13.1 Å². The van der Waals surface area contributed by atoms with E-state index in [4.69, 9.17) is 0 Å². The summed E-state index contributed by atoms with van der Waals surface area (Å²) in [5.41, 5.74) is 1.21. The van der Waals surface area contributed by atoms with Crippen LogP contribution in [0, 0.1) is 5.82 Å². The molecule has 5 nitrogen and oxygen atoms in total. The first-order valence-corrected chi connectivity index (χ1v) is 8.14. The number of likely N-dealkylation sites (N-methyl/N-ethyl adjacent to an activating group) is 1. The van der Waals surface area contributed by atoms with Gasteiger partial charge in [0.05, 0.1) is 7.05 Å². The third-order valence-electron chi connectivity index (χ3n) is 3.16. The second-order valence-corrected chi connectivity index (χ2v) is 6.34. The highest BCUT2D eigenvalue weighted by Gasteiger charge is 2.14. The molecule has 0 fully saturated rings. The van der Waals surface area contributed by atoms with Crippen molar-refractivity contribution in [1.29, 1.82) is 0 Å². The van der Waals surface area contributed by atoms with Crippen LogP contribution >= 0.6 is 15.9 Å². The highest BCUT2D eigenvalue weighted by Crippen LogP contribution is 2.15. The number of quaternary nitrogens is 1. The third-order valence-corrected chi connectivity index (χ3v) is 3.65. The molecule has 24 heavy (non-hydrogen) atoms. The van der Waals surface area contributed by atoms with E-state index in [2.05, 4.69) is 26.6 Å². The number of amides is 2. The van der Waals surface area contributed by atoms with Gasteiger partial charge in [-0.3, -0.25) is 9.59 Å². The summed E-state index contributed by atoms with van der Waals surface area (Å²) in [6.07, 6.45) is 0. The molecule has 2 rings (SSSR count). The maximum Gasteiger partial charge on any atom is 0.279 e. The maximum absolute atomic E-state index is 12.8. The summed E-state index contributed by atoms with van der Waals surface area (Å²) in [6, 6.07) is 12.8. The van der Waals surface area contributed by atoms with Gasteiger partial charge in [-0.1, -0.05) is 22.0 Å². The van der Waals surface area contributed by atoms with Gasteiger partial charge in [0, 0.05) is 15.8 Å². The lowest BCUT2D eigenvalue weighted by Gasteiger charge is -2.14. The van der Waals surface area contributed by atoms with Crippen LogP contribution in [0.4, 0.5) is 15.8 Å². The van der Waals surface area contributed by atoms with Crippen molar-refractivity contribution in [2.45, 2.75) is 0 Å². The van der Waals surface area contributed by atoms with E-state index in [0.717, 1.165) is 9.37 Å². The van der Waals surface area contributed by atoms with E-state index in [0.29, 0.717) is 11.4 Å². The molecular weight excluding hydrogens is 377 g/mol. The van der Waals surface area contributed by atoms with Crippen molar-refractivity contribution in [2.75, 3.05) is 30.8 Å². The van der Waals surface area contributed by atoms with Crippen LogP contribution in [-0.4, -0.2) is 32.0 Å². The van der Waals surface area contributed by atoms with E-state index in [-0.39, 0.29) is 30.7 Å². The Kier molecular flexibility index (Phi) is 6.45. The first-order chi connectivity index (χ1) is 11.4. The van der Waals surface area contributed by atoms with Gasteiger partial charge in [0.1, 0.15) is 5.82 Å². The van der Waals surface area contributed by atoms with E-state index in [9.17, 15) is 14.0 Å². The van der Waals surface area contributed by atoms with Crippen LogP contribution in [0.1, 0.15) is 0 Å². The van der Waals surface area contributed by atoms with Crippen molar-refractivity contribution in [1.82, 2.24) is 0 Å². The van der Waals surface area contributed by atoms with Crippen molar-refractivity contribution in [3.8, 4) is 0 Å². The number of halogens is 2. The number of hydrogen-bond acceptors (Lipinski definition) is 2. The average molecular weight is 395 g/mol. The Morgan fingerprint density at radius 3 is 2.17 bits per heavy atom. The number of nitrogens with one attached hydrogen (secondary N) is 3. The lowest BCUT2D eigenvalue weighted by Crippen LogP contribution is -3.11. The summed E-state index contributed by atoms with van der Waals surface area (Å²) < 4.78 is 13.7. The summed E-state index contributed by atoms with van der Waals surface area (Å²) in [4.78, 5) is 24.7. The monoisotopic (exact) mass is 394 g/mol. The SMILES string of the molecule is C[NH+](CC(=O)Nc1ccc(F)cc1)CC(=O)Nc1cccc(Br)c1. The Morgan fingerprint density at radius 2 is 1.58 bits per heavy atom. The average Bonchev–Trinajstić information content (AvgIpc) is 2.49. The predicted molar refractivity (Wildman–Crippen MR) is 94.4 cm³/mol. The van der Waals surface area contributed by atoms with Gasteiger partial charge in [-0.05, 0) is 42.5 Å². The molecule has 7 heteroatoms. The van der Waals surface area contributed by atoms with E-state index >= 15 is 0 Å². The molecule has 1 atom stereocenters. The van der Waals surface area contributed by atoms with Crippen LogP contribution in [0.3, 0.4) is 0 Å². The van der Waals surface area contributed by atoms with Gasteiger partial charge >= 0.3 is 0 Å². The van der Waals surface area contributed by atoms with Crippen molar-refractivity contribution < 1.29 is 18.9 Å². The summed E-state index contributed by atoms with van der Waals surface area (Å²) in [6.45, 7) is 0.284. The molecular formula is C17H18BrFN3O2+. The molecule has 0 saturated heterocycles. The molecule has 0 bridgehead atoms. The Morgan fingerprint density at radius 1 is 1.00 bits per heavy atom. The number of carbonyl (C=O) groups is 2. The van der Waals surface area contributed by atoms with Crippen molar-refractivity contribution in [3.05, 3.63) is 58.8 Å². The van der Waals surface area contributed by atoms with Gasteiger partial charge < -0.3 is 15.5 Å². The standard InChI is InChI=1S/C17H17BrFN3O2/c1-22(10-16(23)20-14-7-5-13(19)6-8-14)11-17(24)21-15-4-2-3-12(18)9-15/h2-9H,10-11H2,1H3,(H,20,23)(H,21,24)/p+1. The zero-order valence-electron chi connectivity index (χ0n) is 13.1. The maximum atomic E-state index is 12.8. The molecule has 3 N–H and O–H groups in total. The molecule has 0 spiro atoms. The Hall–Kier alpha value is -2.25.